The molecule has 0 bridgehead atoms. The van der Waals surface area contributed by atoms with E-state index in [1.807, 2.05) is 62.4 Å². The van der Waals surface area contributed by atoms with Crippen LogP contribution in [0.2, 0.25) is 0 Å². The molecule has 2 aromatic carbocycles. The molecule has 0 fully saturated rings. The van der Waals surface area contributed by atoms with Crippen molar-refractivity contribution in [3.05, 3.63) is 59.0 Å². The van der Waals surface area contributed by atoms with Crippen LogP contribution in [0.4, 0.5) is 0 Å². The second-order valence-corrected chi connectivity index (χ2v) is 4.84. The molecular weight excluding hydrogens is 264 g/mol. The zero-order valence-electron chi connectivity index (χ0n) is 12.2. The minimum Gasteiger partial charge on any atom is -0.457 e. The van der Waals surface area contributed by atoms with Gasteiger partial charge < -0.3 is 4.74 Å². The summed E-state index contributed by atoms with van der Waals surface area (Å²) >= 11 is 0. The Bertz CT molecular complexity index is 816. The Morgan fingerprint density at radius 1 is 0.857 bits per heavy atom. The van der Waals surface area contributed by atoms with E-state index in [2.05, 4.69) is 0 Å². The van der Waals surface area contributed by atoms with Crippen LogP contribution in [0.25, 0.3) is 11.0 Å². The summed E-state index contributed by atoms with van der Waals surface area (Å²) in [5.41, 5.74) is 1.90. The Morgan fingerprint density at radius 2 is 1.52 bits per heavy atom. The summed E-state index contributed by atoms with van der Waals surface area (Å²) in [5, 5.41) is 0. The average molecular weight is 282 g/mol. The third kappa shape index (κ3) is 2.33. The Labute approximate surface area is 123 Å². The van der Waals surface area contributed by atoms with E-state index in [1.54, 1.807) is 9.13 Å². The van der Waals surface area contributed by atoms with Crippen LogP contribution in [0.3, 0.4) is 0 Å². The van der Waals surface area contributed by atoms with Gasteiger partial charge >= 0.3 is 5.69 Å². The first-order chi connectivity index (χ1) is 10.2. The van der Waals surface area contributed by atoms with Crippen LogP contribution in [0, 0.1) is 0 Å². The van der Waals surface area contributed by atoms with Crippen LogP contribution in [0.5, 0.6) is 11.5 Å². The number of nitrogens with zero attached hydrogens (tertiary/aromatic N) is 2. The summed E-state index contributed by atoms with van der Waals surface area (Å²) in [6.45, 7) is 5.28. The predicted molar refractivity (Wildman–Crippen MR) is 84.1 cm³/mol. The number of para-hydroxylation sites is 1. The van der Waals surface area contributed by atoms with Gasteiger partial charge in [0.2, 0.25) is 0 Å². The first-order valence-corrected chi connectivity index (χ1v) is 7.20. The quantitative estimate of drug-likeness (QED) is 0.732. The second-order valence-electron chi connectivity index (χ2n) is 4.84. The molecule has 0 aliphatic rings. The largest absolute Gasteiger partial charge is 0.457 e. The minimum atomic E-state index is 0.0341. The van der Waals surface area contributed by atoms with E-state index < -0.39 is 0 Å². The monoisotopic (exact) mass is 282 g/mol. The van der Waals surface area contributed by atoms with Gasteiger partial charge in [0, 0.05) is 19.2 Å². The van der Waals surface area contributed by atoms with Crippen LogP contribution >= 0.6 is 0 Å². The highest BCUT2D eigenvalue weighted by Gasteiger charge is 2.11. The van der Waals surface area contributed by atoms with Crippen LogP contribution in [0.1, 0.15) is 13.8 Å². The molecule has 0 aliphatic carbocycles. The molecule has 4 heteroatoms. The van der Waals surface area contributed by atoms with Crippen molar-refractivity contribution in [2.45, 2.75) is 26.9 Å². The molecule has 0 atom stereocenters. The normalized spacial score (nSPS) is 11.0. The van der Waals surface area contributed by atoms with Gasteiger partial charge in [0.1, 0.15) is 11.5 Å². The molecule has 0 saturated carbocycles. The summed E-state index contributed by atoms with van der Waals surface area (Å²) in [5.74, 6) is 1.53. The molecule has 0 N–H and O–H groups in total. The zero-order valence-corrected chi connectivity index (χ0v) is 12.2. The van der Waals surface area contributed by atoms with Crippen molar-refractivity contribution in [1.82, 2.24) is 9.13 Å². The van der Waals surface area contributed by atoms with E-state index in [-0.39, 0.29) is 5.69 Å². The van der Waals surface area contributed by atoms with Gasteiger partial charge in [-0.3, -0.25) is 9.13 Å². The number of aryl methyl sites for hydroxylation is 2. The lowest BCUT2D eigenvalue weighted by molar-refractivity contribution is 0.483. The van der Waals surface area contributed by atoms with Crippen LogP contribution in [0.15, 0.2) is 53.3 Å². The number of hydrogen-bond donors (Lipinski definition) is 0. The molecule has 108 valence electrons. The maximum Gasteiger partial charge on any atom is 0.329 e. The average Bonchev–Trinajstić information content (AvgIpc) is 2.78. The molecule has 0 aliphatic heterocycles. The fourth-order valence-electron chi connectivity index (χ4n) is 2.60. The summed E-state index contributed by atoms with van der Waals surface area (Å²) in [4.78, 5) is 12.3. The lowest BCUT2D eigenvalue weighted by Gasteiger charge is -2.06. The van der Waals surface area contributed by atoms with Gasteiger partial charge in [-0.15, -0.1) is 0 Å². The van der Waals surface area contributed by atoms with Gasteiger partial charge in [-0.2, -0.15) is 0 Å². The summed E-state index contributed by atoms with van der Waals surface area (Å²) in [7, 11) is 0. The molecule has 4 nitrogen and oxygen atoms in total. The molecule has 21 heavy (non-hydrogen) atoms. The molecule has 0 spiro atoms. The number of hydrogen-bond acceptors (Lipinski definition) is 2. The Balaban J connectivity index is 2.10. The highest BCUT2D eigenvalue weighted by molar-refractivity contribution is 5.78. The van der Waals surface area contributed by atoms with Gasteiger partial charge in [0.15, 0.2) is 0 Å². The van der Waals surface area contributed by atoms with E-state index >= 15 is 0 Å². The van der Waals surface area contributed by atoms with Gasteiger partial charge in [0.05, 0.1) is 11.0 Å². The van der Waals surface area contributed by atoms with E-state index in [0.717, 1.165) is 22.5 Å². The molecule has 3 rings (SSSR count). The molecule has 1 heterocycles. The summed E-state index contributed by atoms with van der Waals surface area (Å²) < 4.78 is 9.40. The van der Waals surface area contributed by atoms with Crippen molar-refractivity contribution >= 4 is 11.0 Å². The van der Waals surface area contributed by atoms with Gasteiger partial charge in [-0.1, -0.05) is 18.2 Å². The molecular formula is C17H18N2O2. The fraction of sp³-hybridized carbons (Fsp3) is 0.235. The van der Waals surface area contributed by atoms with E-state index in [0.29, 0.717) is 13.1 Å². The smallest absolute Gasteiger partial charge is 0.329 e. The number of aromatic nitrogens is 2. The van der Waals surface area contributed by atoms with Crippen molar-refractivity contribution in [1.29, 1.82) is 0 Å². The SMILES string of the molecule is CCn1c(=O)n(CC)c2cc(Oc3ccccc3)ccc21. The topological polar surface area (TPSA) is 36.2 Å². The Hall–Kier alpha value is -2.49. The van der Waals surface area contributed by atoms with Gasteiger partial charge in [-0.25, -0.2) is 4.79 Å². The molecule has 1 aromatic heterocycles. The maximum absolute atomic E-state index is 12.3. The first kappa shape index (κ1) is 13.5. The summed E-state index contributed by atoms with van der Waals surface area (Å²) in [6, 6.07) is 15.4. The minimum absolute atomic E-state index is 0.0341. The van der Waals surface area contributed by atoms with Gasteiger partial charge in [-0.05, 0) is 38.1 Å². The van der Waals surface area contributed by atoms with Crippen molar-refractivity contribution in [3.8, 4) is 11.5 Å². The lowest BCUT2D eigenvalue weighted by atomic mass is 10.3. The standard InChI is InChI=1S/C17H18N2O2/c1-3-18-15-11-10-14(21-13-8-6-5-7-9-13)12-16(15)19(4-2)17(18)20/h5-12H,3-4H2,1-2H3. The van der Waals surface area contributed by atoms with Crippen LogP contribution in [-0.2, 0) is 13.1 Å². The molecule has 0 unspecified atom stereocenters. The molecule has 3 aromatic rings. The number of rotatable bonds is 4. The van der Waals surface area contributed by atoms with E-state index in [1.165, 1.54) is 0 Å². The highest BCUT2D eigenvalue weighted by atomic mass is 16.5. The number of imidazole rings is 1. The maximum atomic E-state index is 12.3. The third-order valence-electron chi connectivity index (χ3n) is 3.60. The fourth-order valence-corrected chi connectivity index (χ4v) is 2.60. The number of fused-ring (bicyclic) bond motifs is 1. The third-order valence-corrected chi connectivity index (χ3v) is 3.60. The van der Waals surface area contributed by atoms with Crippen molar-refractivity contribution in [2.24, 2.45) is 0 Å². The van der Waals surface area contributed by atoms with Crippen LogP contribution < -0.4 is 10.4 Å². The Kier molecular flexibility index (Phi) is 3.52. The van der Waals surface area contributed by atoms with E-state index in [9.17, 15) is 4.79 Å². The Morgan fingerprint density at radius 3 is 2.19 bits per heavy atom. The highest BCUT2D eigenvalue weighted by Crippen LogP contribution is 2.25. The second kappa shape index (κ2) is 5.48. The molecule has 0 amide bonds. The molecule has 0 saturated heterocycles. The predicted octanol–water partition coefficient (Wildman–Crippen LogP) is 3.64. The van der Waals surface area contributed by atoms with E-state index in [4.69, 9.17) is 4.74 Å². The van der Waals surface area contributed by atoms with Crippen molar-refractivity contribution < 1.29 is 4.74 Å². The lowest BCUT2D eigenvalue weighted by Crippen LogP contribution is -2.22. The van der Waals surface area contributed by atoms with Gasteiger partial charge in [0.25, 0.3) is 0 Å². The van der Waals surface area contributed by atoms with Crippen molar-refractivity contribution in [3.63, 3.8) is 0 Å². The number of ether oxygens (including phenoxy) is 1. The number of benzene rings is 2. The zero-order chi connectivity index (χ0) is 14.8. The molecule has 0 radical (unpaired) electrons. The van der Waals surface area contributed by atoms with Crippen molar-refractivity contribution in [2.75, 3.05) is 0 Å². The first-order valence-electron chi connectivity index (χ1n) is 7.20. The van der Waals surface area contributed by atoms with Crippen LogP contribution in [-0.4, -0.2) is 9.13 Å². The summed E-state index contributed by atoms with van der Waals surface area (Å²) in [6.07, 6.45) is 0.